The molecule has 1 amide bonds. The highest BCUT2D eigenvalue weighted by molar-refractivity contribution is 9.10. The van der Waals surface area contributed by atoms with E-state index in [9.17, 15) is 4.79 Å². The van der Waals surface area contributed by atoms with E-state index in [2.05, 4.69) is 26.3 Å². The van der Waals surface area contributed by atoms with E-state index >= 15 is 0 Å². The molecule has 1 heterocycles. The normalized spacial score (nSPS) is 11.4. The number of carbonyl (C=O) groups excluding carboxylic acids is 1. The largest absolute Gasteiger partial charge is 0.491 e. The summed E-state index contributed by atoms with van der Waals surface area (Å²) >= 11 is 9.52. The number of aryl methyl sites for hydroxylation is 1. The van der Waals surface area contributed by atoms with Crippen LogP contribution in [0.1, 0.15) is 24.2 Å². The van der Waals surface area contributed by atoms with Crippen LogP contribution in [0.5, 0.6) is 5.75 Å². The van der Waals surface area contributed by atoms with E-state index in [0.717, 1.165) is 15.7 Å². The summed E-state index contributed by atoms with van der Waals surface area (Å²) in [6.45, 7) is 4.13. The molecule has 6 nitrogen and oxygen atoms in total. The molecule has 0 aliphatic carbocycles. The smallest absolute Gasteiger partial charge is 0.255 e. The maximum absolute atomic E-state index is 12.6. The van der Waals surface area contributed by atoms with Gasteiger partial charge in [-0.2, -0.15) is 5.10 Å². The lowest BCUT2D eigenvalue weighted by Gasteiger charge is -2.21. The molecule has 1 aromatic heterocycles. The molecular weight excluding hydrogens is 456 g/mol. The Hall–Kier alpha value is -2.35. The predicted octanol–water partition coefficient (Wildman–Crippen LogP) is 4.87. The third-order valence-electron chi connectivity index (χ3n) is 4.07. The maximum Gasteiger partial charge on any atom is 0.255 e. The van der Waals surface area contributed by atoms with Crippen molar-refractivity contribution < 1.29 is 9.53 Å². The van der Waals surface area contributed by atoms with Gasteiger partial charge in [-0.05, 0) is 66.2 Å². The lowest BCUT2D eigenvalue weighted by Crippen LogP contribution is -2.38. The first-order valence-corrected chi connectivity index (χ1v) is 10.1. The quantitative estimate of drug-likeness (QED) is 0.530. The molecule has 0 saturated carbocycles. The number of rotatable bonds is 6. The number of amides is 1. The minimum atomic E-state index is -0.486. The van der Waals surface area contributed by atoms with Gasteiger partial charge in [0.05, 0.1) is 16.4 Å². The predicted molar refractivity (Wildman–Crippen MR) is 120 cm³/mol. The summed E-state index contributed by atoms with van der Waals surface area (Å²) in [6, 6.07) is 12.2. The summed E-state index contributed by atoms with van der Waals surface area (Å²) in [6.07, 6.45) is 1.71. The van der Waals surface area contributed by atoms with Gasteiger partial charge in [0.2, 0.25) is 0 Å². The number of ether oxygens (including phenoxy) is 1. The van der Waals surface area contributed by atoms with Crippen molar-refractivity contribution in [1.82, 2.24) is 9.78 Å². The number of nitrogens with zero attached hydrogens (tertiary/aromatic N) is 2. The third kappa shape index (κ3) is 5.38. The van der Waals surface area contributed by atoms with Crippen molar-refractivity contribution in [2.45, 2.75) is 19.4 Å². The van der Waals surface area contributed by atoms with E-state index in [1.54, 1.807) is 41.2 Å². The number of aromatic nitrogens is 2. The van der Waals surface area contributed by atoms with Crippen LogP contribution in [-0.2, 0) is 7.05 Å². The van der Waals surface area contributed by atoms with Crippen LogP contribution >= 0.6 is 27.5 Å². The van der Waals surface area contributed by atoms with E-state index in [1.165, 1.54) is 0 Å². The fraction of sp³-hybridized carbons (Fsp3) is 0.238. The Morgan fingerprint density at radius 3 is 2.69 bits per heavy atom. The van der Waals surface area contributed by atoms with Crippen LogP contribution in [0, 0.1) is 0 Å². The molecule has 0 atom stereocenters. The highest BCUT2D eigenvalue weighted by atomic mass is 79.9. The zero-order valence-corrected chi connectivity index (χ0v) is 18.7. The third-order valence-corrected chi connectivity index (χ3v) is 4.89. The summed E-state index contributed by atoms with van der Waals surface area (Å²) in [5.41, 5.74) is 8.29. The van der Waals surface area contributed by atoms with Crippen molar-refractivity contribution in [2.24, 2.45) is 12.8 Å². The van der Waals surface area contributed by atoms with Crippen molar-refractivity contribution in [2.75, 3.05) is 11.9 Å². The number of anilines is 1. The molecule has 0 saturated heterocycles. The topological polar surface area (TPSA) is 82.2 Å². The molecule has 3 aromatic rings. The van der Waals surface area contributed by atoms with Gasteiger partial charge in [-0.25, -0.2) is 0 Å². The van der Waals surface area contributed by atoms with Gasteiger partial charge in [-0.15, -0.1) is 0 Å². The van der Waals surface area contributed by atoms with E-state index in [-0.39, 0.29) is 5.91 Å². The fourth-order valence-corrected chi connectivity index (χ4v) is 3.48. The molecular formula is C21H22BrClN4O2. The summed E-state index contributed by atoms with van der Waals surface area (Å²) in [5.74, 6) is 0.396. The highest BCUT2D eigenvalue weighted by Crippen LogP contribution is 2.37. The second kappa shape index (κ2) is 8.57. The molecule has 0 fully saturated rings. The monoisotopic (exact) mass is 476 g/mol. The first-order valence-electron chi connectivity index (χ1n) is 8.94. The fourth-order valence-electron chi connectivity index (χ4n) is 2.73. The van der Waals surface area contributed by atoms with E-state index in [4.69, 9.17) is 22.1 Å². The van der Waals surface area contributed by atoms with Gasteiger partial charge in [0.25, 0.3) is 5.91 Å². The maximum atomic E-state index is 12.6. The second-order valence-electron chi connectivity index (χ2n) is 7.42. The van der Waals surface area contributed by atoms with Gasteiger partial charge in [0.1, 0.15) is 12.4 Å². The zero-order chi connectivity index (χ0) is 21.2. The Kier molecular flexibility index (Phi) is 6.31. The Morgan fingerprint density at radius 1 is 1.31 bits per heavy atom. The molecule has 0 unspecified atom stereocenters. The Balaban J connectivity index is 1.96. The summed E-state index contributed by atoms with van der Waals surface area (Å²) < 4.78 is 8.53. The van der Waals surface area contributed by atoms with Crippen molar-refractivity contribution in [3.8, 4) is 17.0 Å². The minimum Gasteiger partial charge on any atom is -0.491 e. The average Bonchev–Trinajstić information content (AvgIpc) is 2.98. The van der Waals surface area contributed by atoms with Crippen LogP contribution in [0.15, 0.2) is 53.1 Å². The molecule has 0 bridgehead atoms. The average molecular weight is 478 g/mol. The number of halogens is 2. The van der Waals surface area contributed by atoms with Crippen LogP contribution in [-0.4, -0.2) is 27.8 Å². The van der Waals surface area contributed by atoms with Gasteiger partial charge < -0.3 is 15.8 Å². The Labute approximate surface area is 183 Å². The summed E-state index contributed by atoms with van der Waals surface area (Å²) in [7, 11) is 1.84. The summed E-state index contributed by atoms with van der Waals surface area (Å²) in [5, 5.41) is 7.69. The molecule has 29 heavy (non-hydrogen) atoms. The molecule has 0 aliphatic heterocycles. The second-order valence-corrected chi connectivity index (χ2v) is 8.71. The van der Waals surface area contributed by atoms with Gasteiger partial charge in [0, 0.05) is 34.4 Å². The lowest BCUT2D eigenvalue weighted by atomic mass is 10.1. The van der Waals surface area contributed by atoms with Gasteiger partial charge in [-0.3, -0.25) is 9.48 Å². The van der Waals surface area contributed by atoms with Gasteiger partial charge >= 0.3 is 0 Å². The number of benzene rings is 2. The standard InChI is InChI=1S/C21H22BrClN4O2/c1-21(2,24)12-29-18-8-7-15(10-16(18)19-17(22)11-25-27(19)3)26-20(28)13-5-4-6-14(23)9-13/h4-11H,12,24H2,1-3H3,(H,26,28). The SMILES string of the molecule is Cn1ncc(Br)c1-c1cc(NC(=O)c2cccc(Cl)c2)ccc1OCC(C)(C)N. The Bertz CT molecular complexity index is 1020. The molecule has 8 heteroatoms. The van der Waals surface area contributed by atoms with Crippen molar-refractivity contribution >= 4 is 39.1 Å². The van der Waals surface area contributed by atoms with Crippen LogP contribution < -0.4 is 15.8 Å². The number of nitrogens with one attached hydrogen (secondary N) is 1. The van der Waals surface area contributed by atoms with Crippen LogP contribution in [0.2, 0.25) is 5.02 Å². The lowest BCUT2D eigenvalue weighted by molar-refractivity contribution is 0.102. The highest BCUT2D eigenvalue weighted by Gasteiger charge is 2.19. The molecule has 3 N–H and O–H groups in total. The Morgan fingerprint density at radius 2 is 2.07 bits per heavy atom. The van der Waals surface area contributed by atoms with Crippen molar-refractivity contribution in [3.63, 3.8) is 0 Å². The summed E-state index contributed by atoms with van der Waals surface area (Å²) in [4.78, 5) is 12.6. The molecule has 2 aromatic carbocycles. The van der Waals surface area contributed by atoms with E-state index in [0.29, 0.717) is 28.6 Å². The molecule has 0 radical (unpaired) electrons. The van der Waals surface area contributed by atoms with Crippen molar-refractivity contribution in [3.05, 3.63) is 63.7 Å². The molecule has 0 spiro atoms. The molecule has 152 valence electrons. The van der Waals surface area contributed by atoms with Crippen molar-refractivity contribution in [1.29, 1.82) is 0 Å². The zero-order valence-electron chi connectivity index (χ0n) is 16.4. The number of nitrogens with two attached hydrogens (primary N) is 1. The number of carbonyl (C=O) groups is 1. The molecule has 3 rings (SSSR count). The van der Waals surface area contributed by atoms with Gasteiger partial charge in [0.15, 0.2) is 0 Å². The number of hydrogen-bond donors (Lipinski definition) is 2. The van der Waals surface area contributed by atoms with E-state index < -0.39 is 5.54 Å². The van der Waals surface area contributed by atoms with E-state index in [1.807, 2.05) is 33.0 Å². The first kappa shape index (κ1) is 21.4. The first-order chi connectivity index (χ1) is 13.6. The van der Waals surface area contributed by atoms with Crippen LogP contribution in [0.25, 0.3) is 11.3 Å². The molecule has 0 aliphatic rings. The van der Waals surface area contributed by atoms with Crippen LogP contribution in [0.3, 0.4) is 0 Å². The number of hydrogen-bond acceptors (Lipinski definition) is 4. The van der Waals surface area contributed by atoms with Gasteiger partial charge in [-0.1, -0.05) is 17.7 Å². The van der Waals surface area contributed by atoms with Crippen LogP contribution in [0.4, 0.5) is 5.69 Å². The minimum absolute atomic E-state index is 0.251.